The van der Waals surface area contributed by atoms with Gasteiger partial charge in [0.25, 0.3) is 5.56 Å². The van der Waals surface area contributed by atoms with Gasteiger partial charge in [-0.1, -0.05) is 6.92 Å². The van der Waals surface area contributed by atoms with Crippen molar-refractivity contribution in [2.75, 3.05) is 26.3 Å². The Labute approximate surface area is 174 Å². The second-order valence-electron chi connectivity index (χ2n) is 7.24. The molecule has 0 radical (unpaired) electrons. The highest BCUT2D eigenvalue weighted by Crippen LogP contribution is 2.27. The summed E-state index contributed by atoms with van der Waals surface area (Å²) in [5.41, 5.74) is 0.324. The van der Waals surface area contributed by atoms with Gasteiger partial charge in [-0.2, -0.15) is 0 Å². The predicted octanol–water partition coefficient (Wildman–Crippen LogP) is 2.47. The molecule has 0 amide bonds. The number of thiophene rings is 1. The van der Waals surface area contributed by atoms with Crippen LogP contribution in [-0.2, 0) is 16.0 Å². The smallest absolute Gasteiger partial charge is 0.348 e. The van der Waals surface area contributed by atoms with Gasteiger partial charge in [0, 0.05) is 6.54 Å². The number of hydrogen-bond donors (Lipinski definition) is 2. The molecule has 2 rings (SSSR count). The van der Waals surface area contributed by atoms with Crippen molar-refractivity contribution >= 4 is 27.5 Å². The summed E-state index contributed by atoms with van der Waals surface area (Å²) >= 11 is 1.17. The number of esters is 1. The number of fused-ring (bicyclic) bond motifs is 1. The van der Waals surface area contributed by atoms with E-state index in [1.54, 1.807) is 13.8 Å². The van der Waals surface area contributed by atoms with Crippen LogP contribution in [0.2, 0.25) is 0 Å². The van der Waals surface area contributed by atoms with Gasteiger partial charge < -0.3 is 19.6 Å². The average Bonchev–Trinajstić information content (AvgIpc) is 2.97. The molecule has 9 heteroatoms. The molecule has 2 aromatic rings. The minimum absolute atomic E-state index is 0.0559. The maximum absolute atomic E-state index is 12.6. The topological polar surface area (TPSA) is 105 Å². The molecule has 162 valence electrons. The number of hydrogen-bond acceptors (Lipinski definition) is 8. The van der Waals surface area contributed by atoms with Crippen LogP contribution in [0.4, 0.5) is 0 Å². The molecule has 0 saturated heterocycles. The third-order valence-corrected chi connectivity index (χ3v) is 5.48. The summed E-state index contributed by atoms with van der Waals surface area (Å²) in [5.74, 6) is 0.0689. The molecular formula is C20H31N3O5S. The summed E-state index contributed by atoms with van der Waals surface area (Å²) in [7, 11) is 0. The van der Waals surface area contributed by atoms with Gasteiger partial charge >= 0.3 is 5.97 Å². The Bertz CT molecular complexity index is 877. The van der Waals surface area contributed by atoms with E-state index < -0.39 is 12.1 Å². The molecule has 0 aromatic carbocycles. The van der Waals surface area contributed by atoms with Gasteiger partial charge in [0.15, 0.2) is 0 Å². The molecule has 2 aromatic heterocycles. The Morgan fingerprint density at radius 1 is 1.34 bits per heavy atom. The molecule has 0 saturated carbocycles. The number of aromatic nitrogens is 2. The largest absolute Gasteiger partial charge is 0.462 e. The van der Waals surface area contributed by atoms with Crippen molar-refractivity contribution in [3.05, 3.63) is 26.6 Å². The average molecular weight is 426 g/mol. The summed E-state index contributed by atoms with van der Waals surface area (Å²) in [5, 5.41) is 10.7. The van der Waals surface area contributed by atoms with E-state index in [4.69, 9.17) is 9.47 Å². The first-order valence-electron chi connectivity index (χ1n) is 9.98. The first-order valence-corrected chi connectivity index (χ1v) is 10.8. The van der Waals surface area contributed by atoms with Crippen LogP contribution in [0.25, 0.3) is 10.2 Å². The highest BCUT2D eigenvalue weighted by atomic mass is 32.1. The fourth-order valence-corrected chi connectivity index (χ4v) is 4.17. The van der Waals surface area contributed by atoms with E-state index in [2.05, 4.69) is 16.9 Å². The highest BCUT2D eigenvalue weighted by molar-refractivity contribution is 7.20. The van der Waals surface area contributed by atoms with Crippen molar-refractivity contribution in [3.63, 3.8) is 0 Å². The van der Waals surface area contributed by atoms with Crippen LogP contribution in [-0.4, -0.2) is 64.5 Å². The molecule has 29 heavy (non-hydrogen) atoms. The number of H-pyrrole nitrogens is 1. The Balaban J connectivity index is 2.22. The monoisotopic (exact) mass is 425 g/mol. The van der Waals surface area contributed by atoms with Crippen molar-refractivity contribution in [3.8, 4) is 0 Å². The Morgan fingerprint density at radius 2 is 2.07 bits per heavy atom. The summed E-state index contributed by atoms with van der Waals surface area (Å²) in [6, 6.07) is 0. The zero-order valence-corrected chi connectivity index (χ0v) is 18.6. The number of carbonyl (C=O) groups is 1. The van der Waals surface area contributed by atoms with Crippen LogP contribution in [0.3, 0.4) is 0 Å². The molecule has 0 spiro atoms. The second kappa shape index (κ2) is 10.8. The van der Waals surface area contributed by atoms with E-state index in [0.717, 1.165) is 13.0 Å². The van der Waals surface area contributed by atoms with Gasteiger partial charge in [-0.25, -0.2) is 9.78 Å². The van der Waals surface area contributed by atoms with Crippen molar-refractivity contribution in [1.29, 1.82) is 0 Å². The summed E-state index contributed by atoms with van der Waals surface area (Å²) in [4.78, 5) is 35.1. The van der Waals surface area contributed by atoms with E-state index in [0.29, 0.717) is 39.6 Å². The van der Waals surface area contributed by atoms with Gasteiger partial charge in [-0.3, -0.25) is 9.69 Å². The SMILES string of the molecule is CCCN(Cc1nc2sc(C(=O)OCC)c(C)c2c(=O)[nH]1)C[C@@H](O)COC(C)C. The molecule has 0 aliphatic rings. The maximum atomic E-state index is 12.6. The first kappa shape index (κ1) is 23.5. The lowest BCUT2D eigenvalue weighted by molar-refractivity contribution is -0.00977. The number of aliphatic hydroxyl groups is 1. The number of rotatable bonds is 11. The van der Waals surface area contributed by atoms with Gasteiger partial charge in [-0.15, -0.1) is 11.3 Å². The predicted molar refractivity (Wildman–Crippen MR) is 114 cm³/mol. The summed E-state index contributed by atoms with van der Waals surface area (Å²) in [6.45, 7) is 11.5. The van der Waals surface area contributed by atoms with Crippen molar-refractivity contribution in [2.24, 2.45) is 0 Å². The zero-order valence-electron chi connectivity index (χ0n) is 17.8. The lowest BCUT2D eigenvalue weighted by Gasteiger charge is -2.24. The second-order valence-corrected chi connectivity index (χ2v) is 8.24. The van der Waals surface area contributed by atoms with Gasteiger partial charge in [-0.05, 0) is 46.2 Å². The van der Waals surface area contributed by atoms with Gasteiger partial charge in [0.2, 0.25) is 0 Å². The van der Waals surface area contributed by atoms with Crippen LogP contribution in [0, 0.1) is 6.92 Å². The first-order chi connectivity index (χ1) is 13.8. The third-order valence-electron chi connectivity index (χ3n) is 4.31. The molecule has 0 fully saturated rings. The summed E-state index contributed by atoms with van der Waals surface area (Å²) < 4.78 is 10.5. The highest BCUT2D eigenvalue weighted by Gasteiger charge is 2.21. The van der Waals surface area contributed by atoms with E-state index in [1.165, 1.54) is 11.3 Å². The van der Waals surface area contributed by atoms with Crippen LogP contribution >= 0.6 is 11.3 Å². The maximum Gasteiger partial charge on any atom is 0.348 e. The molecule has 8 nitrogen and oxygen atoms in total. The summed E-state index contributed by atoms with van der Waals surface area (Å²) in [6.07, 6.45) is 0.328. The normalized spacial score (nSPS) is 12.8. The molecule has 0 bridgehead atoms. The number of aliphatic hydroxyl groups excluding tert-OH is 1. The van der Waals surface area contributed by atoms with E-state index in [-0.39, 0.29) is 24.9 Å². The van der Waals surface area contributed by atoms with Crippen LogP contribution < -0.4 is 5.56 Å². The fraction of sp³-hybridized carbons (Fsp3) is 0.650. The molecule has 0 aliphatic heterocycles. The van der Waals surface area contributed by atoms with Crippen LogP contribution in [0.5, 0.6) is 0 Å². The van der Waals surface area contributed by atoms with Crippen molar-refractivity contribution in [1.82, 2.24) is 14.9 Å². The molecule has 2 N–H and O–H groups in total. The third kappa shape index (κ3) is 6.33. The molecule has 1 atom stereocenters. The zero-order chi connectivity index (χ0) is 21.6. The van der Waals surface area contributed by atoms with Crippen molar-refractivity contribution in [2.45, 2.75) is 59.8 Å². The van der Waals surface area contributed by atoms with Crippen LogP contribution in [0.1, 0.15) is 55.2 Å². The van der Waals surface area contributed by atoms with E-state index in [9.17, 15) is 14.7 Å². The fourth-order valence-electron chi connectivity index (χ4n) is 3.07. The minimum atomic E-state index is -0.626. The molecule has 0 unspecified atom stereocenters. The lowest BCUT2D eigenvalue weighted by atomic mass is 10.2. The van der Waals surface area contributed by atoms with Gasteiger partial charge in [0.1, 0.15) is 15.5 Å². The number of ether oxygens (including phenoxy) is 2. The minimum Gasteiger partial charge on any atom is -0.462 e. The lowest BCUT2D eigenvalue weighted by Crippen LogP contribution is -2.36. The van der Waals surface area contributed by atoms with Crippen molar-refractivity contribution < 1.29 is 19.4 Å². The Kier molecular flexibility index (Phi) is 8.76. The number of aromatic amines is 1. The van der Waals surface area contributed by atoms with Crippen LogP contribution in [0.15, 0.2) is 4.79 Å². The quantitative estimate of drug-likeness (QED) is 0.533. The van der Waals surface area contributed by atoms with Gasteiger partial charge in [0.05, 0.1) is 37.4 Å². The Hall–Kier alpha value is -1.81. The number of nitrogens with zero attached hydrogens (tertiary/aromatic N) is 2. The molecule has 2 heterocycles. The standard InChI is InChI=1S/C20H31N3O5S/c1-6-8-23(9-14(24)11-28-12(3)4)10-15-21-18(25)16-13(5)17(20(26)27-7-2)29-19(16)22-15/h12,14,24H,6-11H2,1-5H3,(H,21,22,25)/t14-/m1/s1. The number of aryl methyl sites for hydroxylation is 1. The Morgan fingerprint density at radius 3 is 2.69 bits per heavy atom. The van der Waals surface area contributed by atoms with E-state index in [1.807, 2.05) is 18.7 Å². The van der Waals surface area contributed by atoms with E-state index >= 15 is 0 Å². The molecular weight excluding hydrogens is 394 g/mol. The number of nitrogens with one attached hydrogen (secondary N) is 1. The molecule has 0 aliphatic carbocycles. The number of carbonyl (C=O) groups excluding carboxylic acids is 1.